The zero-order valence-corrected chi connectivity index (χ0v) is 19.0. The molecule has 0 bridgehead atoms. The molecule has 33 heavy (non-hydrogen) atoms. The number of hydrogen-bond acceptors (Lipinski definition) is 4. The highest BCUT2D eigenvalue weighted by Gasteiger charge is 2.40. The molecule has 4 rings (SSSR count). The van der Waals surface area contributed by atoms with Crippen molar-refractivity contribution in [1.82, 2.24) is 0 Å². The number of halogens is 1. The minimum atomic E-state index is -0.464. The third-order valence-corrected chi connectivity index (χ3v) is 5.31. The molecule has 0 fully saturated rings. The molecule has 1 N–H and O–H groups in total. The molecule has 3 aromatic carbocycles. The van der Waals surface area contributed by atoms with Crippen LogP contribution >= 0.6 is 0 Å². The molecule has 5 nitrogen and oxygen atoms in total. The third kappa shape index (κ3) is 4.51. The van der Waals surface area contributed by atoms with Crippen molar-refractivity contribution in [3.05, 3.63) is 94.9 Å². The van der Waals surface area contributed by atoms with Crippen LogP contribution in [-0.4, -0.2) is 17.9 Å². The summed E-state index contributed by atoms with van der Waals surface area (Å²) in [5.74, 6) is -0.638. The number of benzene rings is 3. The van der Waals surface area contributed by atoms with Crippen molar-refractivity contribution in [3.8, 4) is 5.75 Å². The minimum Gasteiger partial charge on any atom is -0.491 e. The molecule has 168 valence electrons. The molecule has 0 radical (unpaired) electrons. The first-order chi connectivity index (χ1) is 15.7. The van der Waals surface area contributed by atoms with E-state index in [0.717, 1.165) is 11.1 Å². The van der Waals surface area contributed by atoms with Crippen molar-refractivity contribution < 1.29 is 18.7 Å². The first-order valence-electron chi connectivity index (χ1n) is 10.7. The van der Waals surface area contributed by atoms with Crippen LogP contribution in [0.1, 0.15) is 30.5 Å². The van der Waals surface area contributed by atoms with Crippen molar-refractivity contribution in [3.63, 3.8) is 0 Å². The first-order valence-corrected chi connectivity index (χ1v) is 10.7. The molecule has 1 aliphatic heterocycles. The standard InChI is InChI=1S/C27H25FN2O3/c1-16(2)33-22-12-10-21(11-13-22)29-25-24(19-6-8-20(28)9-7-19)26(31)30(27(25)32)23-14-5-17(3)15-18(23)4/h5-16,29H,1-4H3. The Kier molecular flexibility index (Phi) is 6.01. The van der Waals surface area contributed by atoms with Crippen LogP contribution in [0.5, 0.6) is 5.75 Å². The van der Waals surface area contributed by atoms with Crippen LogP contribution in [0.4, 0.5) is 15.8 Å². The molecule has 1 aliphatic rings. The van der Waals surface area contributed by atoms with E-state index in [9.17, 15) is 14.0 Å². The minimum absolute atomic E-state index is 0.0388. The summed E-state index contributed by atoms with van der Waals surface area (Å²) < 4.78 is 19.2. The van der Waals surface area contributed by atoms with Gasteiger partial charge in [0.2, 0.25) is 0 Å². The molecule has 0 saturated heterocycles. The van der Waals surface area contributed by atoms with Gasteiger partial charge in [0.1, 0.15) is 17.3 Å². The Morgan fingerprint density at radius 3 is 2.15 bits per heavy atom. The Morgan fingerprint density at radius 1 is 0.879 bits per heavy atom. The zero-order chi connectivity index (χ0) is 23.7. The molecule has 6 heteroatoms. The maximum Gasteiger partial charge on any atom is 0.282 e. The molecular formula is C27H25FN2O3. The van der Waals surface area contributed by atoms with Crippen LogP contribution in [0.25, 0.3) is 5.57 Å². The van der Waals surface area contributed by atoms with Gasteiger partial charge >= 0.3 is 0 Å². The fraction of sp³-hybridized carbons (Fsp3) is 0.185. The van der Waals surface area contributed by atoms with E-state index in [1.165, 1.54) is 29.2 Å². The summed E-state index contributed by atoms with van der Waals surface area (Å²) in [5.41, 5.74) is 3.80. The number of nitrogens with one attached hydrogen (secondary N) is 1. The lowest BCUT2D eigenvalue weighted by Gasteiger charge is -2.18. The Labute approximate surface area is 192 Å². The SMILES string of the molecule is Cc1ccc(N2C(=O)C(Nc3ccc(OC(C)C)cc3)=C(c3ccc(F)cc3)C2=O)c(C)c1. The molecular weight excluding hydrogens is 419 g/mol. The lowest BCUT2D eigenvalue weighted by Crippen LogP contribution is -2.33. The summed E-state index contributed by atoms with van der Waals surface area (Å²) >= 11 is 0. The van der Waals surface area contributed by atoms with Crippen molar-refractivity contribution in [2.45, 2.75) is 33.8 Å². The molecule has 0 spiro atoms. The average molecular weight is 445 g/mol. The number of ether oxygens (including phenoxy) is 1. The number of aryl methyl sites for hydroxylation is 2. The van der Waals surface area contributed by atoms with Gasteiger partial charge in [0.25, 0.3) is 11.8 Å². The maximum atomic E-state index is 13.5. The van der Waals surface area contributed by atoms with Gasteiger partial charge in [-0.25, -0.2) is 9.29 Å². The van der Waals surface area contributed by atoms with E-state index in [2.05, 4.69) is 5.32 Å². The number of anilines is 2. The second-order valence-electron chi connectivity index (χ2n) is 8.31. The first kappa shape index (κ1) is 22.3. The van der Waals surface area contributed by atoms with Gasteiger partial charge in [0, 0.05) is 5.69 Å². The number of rotatable bonds is 6. The highest BCUT2D eigenvalue weighted by molar-refractivity contribution is 6.46. The Hall–Kier alpha value is -3.93. The maximum absolute atomic E-state index is 13.5. The quantitative estimate of drug-likeness (QED) is 0.501. The molecule has 3 aromatic rings. The molecule has 0 aromatic heterocycles. The zero-order valence-electron chi connectivity index (χ0n) is 19.0. The lowest BCUT2D eigenvalue weighted by atomic mass is 10.0. The van der Waals surface area contributed by atoms with Crippen LogP contribution in [-0.2, 0) is 9.59 Å². The van der Waals surface area contributed by atoms with E-state index in [0.29, 0.717) is 22.7 Å². The van der Waals surface area contributed by atoms with E-state index in [-0.39, 0.29) is 17.4 Å². The van der Waals surface area contributed by atoms with E-state index in [1.807, 2.05) is 39.8 Å². The Bertz CT molecular complexity index is 1250. The van der Waals surface area contributed by atoms with Crippen molar-refractivity contribution in [1.29, 1.82) is 0 Å². The summed E-state index contributed by atoms with van der Waals surface area (Å²) in [7, 11) is 0. The van der Waals surface area contributed by atoms with Crippen LogP contribution in [0, 0.1) is 19.7 Å². The van der Waals surface area contributed by atoms with E-state index in [4.69, 9.17) is 4.74 Å². The van der Waals surface area contributed by atoms with Crippen molar-refractivity contribution in [2.75, 3.05) is 10.2 Å². The normalized spacial score (nSPS) is 13.8. The molecule has 0 saturated carbocycles. The number of amides is 2. The van der Waals surface area contributed by atoms with Crippen LogP contribution in [0.15, 0.2) is 72.4 Å². The fourth-order valence-corrected chi connectivity index (χ4v) is 3.84. The predicted molar refractivity (Wildman–Crippen MR) is 128 cm³/mol. The molecule has 0 atom stereocenters. The smallest absolute Gasteiger partial charge is 0.282 e. The fourth-order valence-electron chi connectivity index (χ4n) is 3.84. The summed E-state index contributed by atoms with van der Waals surface area (Å²) in [4.78, 5) is 28.2. The summed E-state index contributed by atoms with van der Waals surface area (Å²) in [5, 5.41) is 3.11. The third-order valence-electron chi connectivity index (χ3n) is 5.31. The molecule has 1 heterocycles. The Balaban J connectivity index is 1.76. The second kappa shape index (κ2) is 8.90. The van der Waals surface area contributed by atoms with Gasteiger partial charge in [0.05, 0.1) is 17.4 Å². The highest BCUT2D eigenvalue weighted by Crippen LogP contribution is 2.35. The second-order valence-corrected chi connectivity index (χ2v) is 8.31. The highest BCUT2D eigenvalue weighted by atomic mass is 19.1. The van der Waals surface area contributed by atoms with Gasteiger partial charge in [0.15, 0.2) is 0 Å². The largest absolute Gasteiger partial charge is 0.491 e. The molecule has 0 unspecified atom stereocenters. The average Bonchev–Trinajstić information content (AvgIpc) is 3.00. The van der Waals surface area contributed by atoms with E-state index < -0.39 is 17.6 Å². The van der Waals surface area contributed by atoms with E-state index >= 15 is 0 Å². The van der Waals surface area contributed by atoms with Gasteiger partial charge < -0.3 is 10.1 Å². The monoisotopic (exact) mass is 444 g/mol. The molecule has 0 aliphatic carbocycles. The van der Waals surface area contributed by atoms with Crippen LogP contribution in [0.3, 0.4) is 0 Å². The lowest BCUT2D eigenvalue weighted by molar-refractivity contribution is -0.120. The topological polar surface area (TPSA) is 58.6 Å². The van der Waals surface area contributed by atoms with Gasteiger partial charge in [-0.2, -0.15) is 0 Å². The van der Waals surface area contributed by atoms with Crippen molar-refractivity contribution >= 4 is 28.8 Å². The number of imide groups is 1. The molecule has 2 amide bonds. The van der Waals surface area contributed by atoms with Crippen LogP contribution in [0.2, 0.25) is 0 Å². The summed E-state index contributed by atoms with van der Waals surface area (Å²) in [6.45, 7) is 7.69. The van der Waals surface area contributed by atoms with Crippen molar-refractivity contribution in [2.24, 2.45) is 0 Å². The number of hydrogen-bond donors (Lipinski definition) is 1. The van der Waals surface area contributed by atoms with Gasteiger partial charge in [-0.1, -0.05) is 29.8 Å². The van der Waals surface area contributed by atoms with Gasteiger partial charge in [-0.15, -0.1) is 0 Å². The van der Waals surface area contributed by atoms with E-state index in [1.54, 1.807) is 30.3 Å². The number of carbonyl (C=O) groups excluding carboxylic acids is 2. The summed E-state index contributed by atoms with van der Waals surface area (Å²) in [6, 6.07) is 18.3. The van der Waals surface area contributed by atoms with Gasteiger partial charge in [-0.05, 0) is 81.3 Å². The number of nitrogens with zero attached hydrogens (tertiary/aromatic N) is 1. The van der Waals surface area contributed by atoms with Crippen LogP contribution < -0.4 is 15.0 Å². The van der Waals surface area contributed by atoms with Gasteiger partial charge in [-0.3, -0.25) is 9.59 Å². The summed E-state index contributed by atoms with van der Waals surface area (Å²) in [6.07, 6.45) is 0.0388. The number of carbonyl (C=O) groups is 2. The Morgan fingerprint density at radius 2 is 1.55 bits per heavy atom. The predicted octanol–water partition coefficient (Wildman–Crippen LogP) is 5.63.